The van der Waals surface area contributed by atoms with Gasteiger partial charge < -0.3 is 9.64 Å². The average Bonchev–Trinajstić information content (AvgIpc) is 2.80. The molecule has 1 aliphatic heterocycles. The highest BCUT2D eigenvalue weighted by atomic mass is 79.9. The normalized spacial score (nSPS) is 18.9. The lowest BCUT2D eigenvalue weighted by Crippen LogP contribution is -2.30. The standard InChI is InChI=1S/C14H16BrF3N2O/c1-3-10-8-20(13(4-2)19-10)11-6-5-9(15)7-12(11)21-14(16,17)18/h5-7,10H,3-4,8H2,1-2H3. The lowest BCUT2D eigenvalue weighted by atomic mass is 10.2. The Morgan fingerprint density at radius 3 is 2.67 bits per heavy atom. The summed E-state index contributed by atoms with van der Waals surface area (Å²) in [5, 5.41) is 0. The molecule has 1 unspecified atom stereocenters. The summed E-state index contributed by atoms with van der Waals surface area (Å²) in [6.07, 6.45) is -3.20. The van der Waals surface area contributed by atoms with E-state index in [1.807, 2.05) is 18.7 Å². The Kier molecular flexibility index (Phi) is 4.81. The van der Waals surface area contributed by atoms with Gasteiger partial charge in [0, 0.05) is 17.4 Å². The van der Waals surface area contributed by atoms with E-state index in [1.54, 1.807) is 12.1 Å². The van der Waals surface area contributed by atoms with Crippen molar-refractivity contribution in [3.8, 4) is 5.75 Å². The Balaban J connectivity index is 2.37. The average molecular weight is 365 g/mol. The van der Waals surface area contributed by atoms with Gasteiger partial charge in [0.15, 0.2) is 5.75 Å². The Hall–Kier alpha value is -1.24. The van der Waals surface area contributed by atoms with Crippen LogP contribution < -0.4 is 9.64 Å². The largest absolute Gasteiger partial charge is 0.573 e. The predicted molar refractivity (Wildman–Crippen MR) is 80.0 cm³/mol. The summed E-state index contributed by atoms with van der Waals surface area (Å²) in [4.78, 5) is 6.34. The molecule has 3 nitrogen and oxygen atoms in total. The first-order chi connectivity index (χ1) is 9.84. The SMILES string of the molecule is CCC1=NC(CC)CN1c1ccc(Br)cc1OC(F)(F)F. The lowest BCUT2D eigenvalue weighted by Gasteiger charge is -2.24. The molecule has 116 valence electrons. The monoisotopic (exact) mass is 364 g/mol. The first-order valence-electron chi connectivity index (χ1n) is 6.73. The van der Waals surface area contributed by atoms with E-state index in [2.05, 4.69) is 25.7 Å². The van der Waals surface area contributed by atoms with Crippen LogP contribution >= 0.6 is 15.9 Å². The quantitative estimate of drug-likeness (QED) is 0.769. The molecule has 0 fully saturated rings. The second kappa shape index (κ2) is 6.25. The Labute approximate surface area is 129 Å². The van der Waals surface area contributed by atoms with E-state index in [-0.39, 0.29) is 11.8 Å². The Morgan fingerprint density at radius 2 is 2.10 bits per heavy atom. The molecule has 21 heavy (non-hydrogen) atoms. The molecule has 0 aromatic heterocycles. The van der Waals surface area contributed by atoms with Gasteiger partial charge in [0.05, 0.1) is 11.7 Å². The molecule has 1 aliphatic rings. The zero-order valence-corrected chi connectivity index (χ0v) is 13.3. The van der Waals surface area contributed by atoms with Crippen LogP contribution in [0.25, 0.3) is 0 Å². The molecule has 0 bridgehead atoms. The highest BCUT2D eigenvalue weighted by molar-refractivity contribution is 9.10. The molecule has 0 radical (unpaired) electrons. The number of amidine groups is 1. The molecule has 0 saturated carbocycles. The second-order valence-electron chi connectivity index (χ2n) is 4.73. The van der Waals surface area contributed by atoms with Crippen molar-refractivity contribution in [2.75, 3.05) is 11.4 Å². The molecule has 1 atom stereocenters. The maximum Gasteiger partial charge on any atom is 0.573 e. The number of anilines is 1. The fraction of sp³-hybridized carbons (Fsp3) is 0.500. The van der Waals surface area contributed by atoms with Crippen molar-refractivity contribution in [2.45, 2.75) is 39.1 Å². The first kappa shape index (κ1) is 16.1. The minimum absolute atomic E-state index is 0.113. The van der Waals surface area contributed by atoms with Gasteiger partial charge in [-0.25, -0.2) is 0 Å². The molecule has 0 aliphatic carbocycles. The molecule has 1 aromatic carbocycles. The van der Waals surface area contributed by atoms with Crippen molar-refractivity contribution in [1.29, 1.82) is 0 Å². The van der Waals surface area contributed by atoms with Crippen molar-refractivity contribution in [2.24, 2.45) is 4.99 Å². The van der Waals surface area contributed by atoms with E-state index < -0.39 is 6.36 Å². The lowest BCUT2D eigenvalue weighted by molar-refractivity contribution is -0.274. The van der Waals surface area contributed by atoms with Crippen LogP contribution in [0.4, 0.5) is 18.9 Å². The molecule has 0 spiro atoms. The summed E-state index contributed by atoms with van der Waals surface area (Å²) >= 11 is 3.17. The first-order valence-corrected chi connectivity index (χ1v) is 7.52. The number of aliphatic imine (C=N–C) groups is 1. The van der Waals surface area contributed by atoms with Crippen LogP contribution in [0.2, 0.25) is 0 Å². The fourth-order valence-corrected chi connectivity index (χ4v) is 2.63. The molecule has 1 heterocycles. The summed E-state index contributed by atoms with van der Waals surface area (Å²) in [5.41, 5.74) is 0.395. The summed E-state index contributed by atoms with van der Waals surface area (Å²) in [5.74, 6) is 0.575. The van der Waals surface area contributed by atoms with E-state index in [0.29, 0.717) is 23.1 Å². The highest BCUT2D eigenvalue weighted by Crippen LogP contribution is 2.37. The molecule has 0 amide bonds. The Bertz CT molecular complexity index is 546. The van der Waals surface area contributed by atoms with Gasteiger partial charge in [-0.15, -0.1) is 13.2 Å². The van der Waals surface area contributed by atoms with Crippen molar-refractivity contribution in [3.63, 3.8) is 0 Å². The van der Waals surface area contributed by atoms with Gasteiger partial charge >= 0.3 is 6.36 Å². The van der Waals surface area contributed by atoms with E-state index in [0.717, 1.165) is 12.3 Å². The van der Waals surface area contributed by atoms with Gasteiger partial charge in [-0.3, -0.25) is 4.99 Å². The van der Waals surface area contributed by atoms with Crippen LogP contribution in [0, 0.1) is 0 Å². The number of halogens is 4. The van der Waals surface area contributed by atoms with Gasteiger partial charge in [-0.2, -0.15) is 0 Å². The maximum absolute atomic E-state index is 12.6. The summed E-state index contributed by atoms with van der Waals surface area (Å²) in [6, 6.07) is 4.76. The van der Waals surface area contributed by atoms with Gasteiger partial charge in [0.1, 0.15) is 5.84 Å². The van der Waals surface area contributed by atoms with Crippen molar-refractivity contribution in [3.05, 3.63) is 22.7 Å². The third-order valence-corrected chi connectivity index (χ3v) is 3.76. The molecule has 0 saturated heterocycles. The fourth-order valence-electron chi connectivity index (χ4n) is 2.29. The zero-order chi connectivity index (χ0) is 15.6. The summed E-state index contributed by atoms with van der Waals surface area (Å²) in [6.45, 7) is 4.53. The molecule has 1 aromatic rings. The number of alkyl halides is 3. The highest BCUT2D eigenvalue weighted by Gasteiger charge is 2.34. The molecule has 0 N–H and O–H groups in total. The predicted octanol–water partition coefficient (Wildman–Crippen LogP) is 4.75. The molecule has 7 heteroatoms. The minimum atomic E-state index is -4.72. The van der Waals surface area contributed by atoms with Crippen molar-refractivity contribution < 1.29 is 17.9 Å². The second-order valence-corrected chi connectivity index (χ2v) is 5.65. The number of benzene rings is 1. The maximum atomic E-state index is 12.6. The number of rotatable bonds is 4. The van der Waals surface area contributed by atoms with E-state index in [1.165, 1.54) is 6.07 Å². The summed E-state index contributed by atoms with van der Waals surface area (Å²) in [7, 11) is 0. The number of ether oxygens (including phenoxy) is 1. The Morgan fingerprint density at radius 1 is 1.38 bits per heavy atom. The van der Waals surface area contributed by atoms with Crippen molar-refractivity contribution in [1.82, 2.24) is 0 Å². The number of hydrogen-bond donors (Lipinski definition) is 0. The van der Waals surface area contributed by atoms with Crippen LogP contribution in [-0.2, 0) is 0 Å². The van der Waals surface area contributed by atoms with Gasteiger partial charge in [-0.1, -0.05) is 29.8 Å². The third kappa shape index (κ3) is 3.90. The number of nitrogens with zero attached hydrogens (tertiary/aromatic N) is 2. The van der Waals surface area contributed by atoms with Crippen LogP contribution in [0.1, 0.15) is 26.7 Å². The topological polar surface area (TPSA) is 24.8 Å². The van der Waals surface area contributed by atoms with E-state index >= 15 is 0 Å². The summed E-state index contributed by atoms with van der Waals surface area (Å²) < 4.78 is 42.4. The van der Waals surface area contributed by atoms with Crippen molar-refractivity contribution >= 4 is 27.5 Å². The van der Waals surface area contributed by atoms with Gasteiger partial charge in [-0.05, 0) is 24.6 Å². The molecule has 2 rings (SSSR count). The van der Waals surface area contributed by atoms with Crippen LogP contribution in [0.3, 0.4) is 0 Å². The van der Waals surface area contributed by atoms with E-state index in [4.69, 9.17) is 0 Å². The molecular formula is C14H16BrF3N2O. The number of hydrogen-bond acceptors (Lipinski definition) is 3. The van der Waals surface area contributed by atoms with Crippen LogP contribution in [0.15, 0.2) is 27.7 Å². The van der Waals surface area contributed by atoms with Gasteiger partial charge in [0.2, 0.25) is 0 Å². The zero-order valence-electron chi connectivity index (χ0n) is 11.7. The smallest absolute Gasteiger partial charge is 0.404 e. The third-order valence-electron chi connectivity index (χ3n) is 3.26. The van der Waals surface area contributed by atoms with Crippen LogP contribution in [0.5, 0.6) is 5.75 Å². The van der Waals surface area contributed by atoms with Crippen LogP contribution in [-0.4, -0.2) is 24.8 Å². The minimum Gasteiger partial charge on any atom is -0.404 e. The molecular weight excluding hydrogens is 349 g/mol. The van der Waals surface area contributed by atoms with Gasteiger partial charge in [0.25, 0.3) is 0 Å². The van der Waals surface area contributed by atoms with E-state index in [9.17, 15) is 13.2 Å².